The number of carboxylic acid groups (broad SMARTS) is 1. The highest BCUT2D eigenvalue weighted by Crippen LogP contribution is 2.40. The molecule has 1 saturated heterocycles. The molecule has 5 rings (SSSR count). The normalized spacial score (nSPS) is 19.9. The first-order valence-electron chi connectivity index (χ1n) is 10.5. The first-order valence-corrected chi connectivity index (χ1v) is 13.2. The van der Waals surface area contributed by atoms with Gasteiger partial charge in [0, 0.05) is 22.7 Å². The standard InChI is InChI=1S/C20H17FN8O5S3/c1-27-4-11-28(8-27)10(6-35-11)3-2-9-5-36-18-13(17(31)29(18)14(9)19(32)33)23-16(30)12(25-34-7-21)15-24-20(22)37-26-15/h2-4,6,8,13,18H,5,7H2,1H3,(H3-,22,23,24,26,30,32,33)/b3-2?,25-12-/t13-,18-/m1/s1. The topological polar surface area (TPSA) is 171 Å². The highest BCUT2D eigenvalue weighted by molar-refractivity contribution is 8.00. The summed E-state index contributed by atoms with van der Waals surface area (Å²) in [7, 11) is 1.90. The van der Waals surface area contributed by atoms with Crippen molar-refractivity contribution in [2.24, 2.45) is 12.2 Å². The third-order valence-electron chi connectivity index (χ3n) is 5.43. The highest BCUT2D eigenvalue weighted by Gasteiger charge is 2.53. The van der Waals surface area contributed by atoms with Gasteiger partial charge in [0.15, 0.2) is 5.13 Å². The summed E-state index contributed by atoms with van der Waals surface area (Å²) < 4.78 is 20.2. The molecule has 3 N–H and O–H groups in total. The van der Waals surface area contributed by atoms with Gasteiger partial charge in [-0.3, -0.25) is 14.5 Å². The van der Waals surface area contributed by atoms with Crippen molar-refractivity contribution >= 4 is 74.2 Å². The maximum absolute atomic E-state index is 12.9. The number of hydrogen-bond donors (Lipinski definition) is 2. The smallest absolute Gasteiger partial charge is 0.278 e. The van der Waals surface area contributed by atoms with E-state index < -0.39 is 41.8 Å². The van der Waals surface area contributed by atoms with Gasteiger partial charge in [-0.15, -0.1) is 11.8 Å². The summed E-state index contributed by atoms with van der Waals surface area (Å²) >= 11 is 3.60. The minimum absolute atomic E-state index is 0.0441. The molecule has 2 aliphatic rings. The number of thioether (sulfide) groups is 1. The number of aryl methyl sites for hydroxylation is 1. The Balaban J connectivity index is 1.36. The number of aromatic nitrogens is 4. The van der Waals surface area contributed by atoms with Gasteiger partial charge in [-0.1, -0.05) is 22.6 Å². The number of hydrogen-bond acceptors (Lipinski definition) is 12. The summed E-state index contributed by atoms with van der Waals surface area (Å²) in [5, 5.41) is 19.2. The number of alkyl halides is 1. The summed E-state index contributed by atoms with van der Waals surface area (Å²) in [6.45, 7) is -1.30. The number of fused-ring (bicyclic) bond motifs is 2. The third-order valence-corrected chi connectivity index (χ3v) is 8.18. The number of rotatable bonds is 8. The summed E-state index contributed by atoms with van der Waals surface area (Å²) in [5.41, 5.74) is 6.05. The lowest BCUT2D eigenvalue weighted by atomic mass is 10.0. The van der Waals surface area contributed by atoms with Crippen molar-refractivity contribution in [1.82, 2.24) is 24.0 Å². The van der Waals surface area contributed by atoms with Gasteiger partial charge >= 0.3 is 0 Å². The lowest BCUT2D eigenvalue weighted by molar-refractivity contribution is -0.669. The van der Waals surface area contributed by atoms with Crippen molar-refractivity contribution in [3.8, 4) is 0 Å². The molecule has 192 valence electrons. The van der Waals surface area contributed by atoms with Crippen LogP contribution in [-0.4, -0.2) is 66.2 Å². The Labute approximate surface area is 219 Å². The molecular formula is C20H17FN8O5S3. The molecule has 0 radical (unpaired) electrons. The maximum Gasteiger partial charge on any atom is 0.278 e. The number of imidazole rings is 1. The molecule has 2 amide bonds. The second kappa shape index (κ2) is 9.91. The number of nitrogen functional groups attached to an aromatic ring is 1. The lowest BCUT2D eigenvalue weighted by Gasteiger charge is -2.50. The Bertz CT molecular complexity index is 1510. The van der Waals surface area contributed by atoms with Crippen LogP contribution in [0.2, 0.25) is 0 Å². The predicted octanol–water partition coefficient (Wildman–Crippen LogP) is -0.976. The van der Waals surface area contributed by atoms with Crippen molar-refractivity contribution in [1.29, 1.82) is 0 Å². The molecule has 0 unspecified atom stereocenters. The largest absolute Gasteiger partial charge is 0.543 e. The second-order valence-electron chi connectivity index (χ2n) is 7.77. The van der Waals surface area contributed by atoms with Gasteiger partial charge in [0.2, 0.25) is 22.7 Å². The number of nitrogens with one attached hydrogen (secondary N) is 1. The van der Waals surface area contributed by atoms with Gasteiger partial charge in [0.25, 0.3) is 18.7 Å². The summed E-state index contributed by atoms with van der Waals surface area (Å²) in [5.74, 6) is -3.01. The minimum Gasteiger partial charge on any atom is -0.543 e. The van der Waals surface area contributed by atoms with Gasteiger partial charge in [-0.25, -0.2) is 8.96 Å². The van der Waals surface area contributed by atoms with Gasteiger partial charge in [0.05, 0.1) is 18.7 Å². The fourth-order valence-corrected chi connectivity index (χ4v) is 6.53. The van der Waals surface area contributed by atoms with Gasteiger partial charge in [-0.2, -0.15) is 13.8 Å². The predicted molar refractivity (Wildman–Crippen MR) is 130 cm³/mol. The van der Waals surface area contributed by atoms with Crippen LogP contribution < -0.4 is 20.7 Å². The monoisotopic (exact) mass is 564 g/mol. The lowest BCUT2D eigenvalue weighted by Crippen LogP contribution is -2.71. The molecule has 13 nitrogen and oxygen atoms in total. The fourth-order valence-electron chi connectivity index (χ4n) is 3.85. The van der Waals surface area contributed by atoms with Crippen LogP contribution in [0.1, 0.15) is 11.5 Å². The zero-order valence-corrected chi connectivity index (χ0v) is 21.3. The highest BCUT2D eigenvalue weighted by atomic mass is 32.2. The SMILES string of the molecule is C[n+]1cc2scc(C=CC3=C(C(=O)[O-])N4C(=O)[C@@H](NC(=O)/C(=N\OCF)c5nsc(N)n5)[C@H]4SC3)n2c1. The van der Waals surface area contributed by atoms with E-state index in [1.807, 2.05) is 33.9 Å². The van der Waals surface area contributed by atoms with Crippen molar-refractivity contribution < 1.29 is 33.3 Å². The number of carboxylic acids is 1. The number of nitrogens with two attached hydrogens (primary N) is 1. The number of amides is 2. The molecular weight excluding hydrogens is 547 g/mol. The number of aliphatic carboxylic acids is 1. The Morgan fingerprint density at radius 2 is 2.27 bits per heavy atom. The molecule has 0 saturated carbocycles. The number of halogens is 1. The van der Waals surface area contributed by atoms with Crippen LogP contribution in [0.25, 0.3) is 10.9 Å². The van der Waals surface area contributed by atoms with Crippen LogP contribution in [0.15, 0.2) is 40.4 Å². The molecule has 37 heavy (non-hydrogen) atoms. The first-order chi connectivity index (χ1) is 17.8. The quantitative estimate of drug-likeness (QED) is 0.151. The molecule has 1 fully saturated rings. The van der Waals surface area contributed by atoms with Gasteiger partial charge in [-0.05, 0) is 11.6 Å². The van der Waals surface area contributed by atoms with E-state index in [0.717, 1.165) is 27.0 Å². The molecule has 0 aliphatic carbocycles. The van der Waals surface area contributed by atoms with Crippen LogP contribution in [0, 0.1) is 0 Å². The van der Waals surface area contributed by atoms with Crippen molar-refractivity contribution in [3.05, 3.63) is 46.8 Å². The number of oxime groups is 1. The molecule has 3 aromatic heterocycles. The van der Waals surface area contributed by atoms with E-state index in [9.17, 15) is 23.9 Å². The third kappa shape index (κ3) is 4.56. The first kappa shape index (κ1) is 24.8. The molecule has 0 bridgehead atoms. The van der Waals surface area contributed by atoms with Crippen molar-refractivity contribution in [2.45, 2.75) is 11.4 Å². The molecule has 0 aromatic carbocycles. The molecule has 3 aromatic rings. The summed E-state index contributed by atoms with van der Waals surface area (Å²) in [6.07, 6.45) is 7.27. The van der Waals surface area contributed by atoms with Gasteiger partial charge < -0.3 is 25.8 Å². The minimum atomic E-state index is -1.51. The number of β-lactam (4-membered cyclic amide) rings is 1. The summed E-state index contributed by atoms with van der Waals surface area (Å²) in [6, 6.07) is -1.07. The Hall–Kier alpha value is -3.83. The van der Waals surface area contributed by atoms with Crippen LogP contribution in [0.3, 0.4) is 0 Å². The molecule has 0 spiro atoms. The Morgan fingerprint density at radius 3 is 2.97 bits per heavy atom. The number of anilines is 1. The summed E-state index contributed by atoms with van der Waals surface area (Å²) in [4.78, 5) is 48.0. The zero-order valence-electron chi connectivity index (χ0n) is 18.9. The average molecular weight is 565 g/mol. The van der Waals surface area contributed by atoms with E-state index >= 15 is 0 Å². The van der Waals surface area contributed by atoms with Crippen LogP contribution >= 0.6 is 34.6 Å². The van der Waals surface area contributed by atoms with E-state index in [1.165, 1.54) is 23.1 Å². The number of allylic oxidation sites excluding steroid dienone is 1. The molecule has 2 atom stereocenters. The van der Waals surface area contributed by atoms with E-state index in [-0.39, 0.29) is 22.4 Å². The number of thiazole rings is 1. The van der Waals surface area contributed by atoms with Crippen molar-refractivity contribution in [3.63, 3.8) is 0 Å². The molecule has 5 heterocycles. The fraction of sp³-hybridized carbons (Fsp3) is 0.250. The Morgan fingerprint density at radius 1 is 1.46 bits per heavy atom. The van der Waals surface area contributed by atoms with E-state index in [0.29, 0.717) is 5.57 Å². The van der Waals surface area contributed by atoms with Crippen molar-refractivity contribution in [2.75, 3.05) is 18.3 Å². The van der Waals surface area contributed by atoms with E-state index in [1.54, 1.807) is 12.2 Å². The number of carbonyl (C=O) groups is 3. The number of carbonyl (C=O) groups excluding carboxylic acids is 3. The molecule has 17 heteroatoms. The van der Waals surface area contributed by atoms with E-state index in [4.69, 9.17) is 5.73 Å². The zero-order chi connectivity index (χ0) is 26.3. The van der Waals surface area contributed by atoms with E-state index in [2.05, 4.69) is 24.7 Å². The Kier molecular flexibility index (Phi) is 6.65. The maximum atomic E-state index is 12.9. The van der Waals surface area contributed by atoms with Crippen LogP contribution in [0.4, 0.5) is 9.52 Å². The van der Waals surface area contributed by atoms with Gasteiger partial charge in [0.1, 0.15) is 23.3 Å². The molecule has 2 aliphatic heterocycles. The van der Waals surface area contributed by atoms with Crippen LogP contribution in [0.5, 0.6) is 0 Å². The second-order valence-corrected chi connectivity index (χ2v) is 10.5. The number of nitrogens with zero attached hydrogens (tertiary/aromatic N) is 6. The van der Waals surface area contributed by atoms with Crippen LogP contribution in [-0.2, 0) is 26.3 Å². The average Bonchev–Trinajstić information content (AvgIpc) is 3.56.